The predicted octanol–water partition coefficient (Wildman–Crippen LogP) is -0.691. The Labute approximate surface area is 180 Å². The molecule has 1 aliphatic heterocycles. The van der Waals surface area contributed by atoms with Crippen LogP contribution in [0.2, 0.25) is 0 Å². The molecule has 1 fully saturated rings. The van der Waals surface area contributed by atoms with Gasteiger partial charge in [0.15, 0.2) is 11.7 Å². The van der Waals surface area contributed by atoms with Crippen LogP contribution >= 0.6 is 11.5 Å². The third kappa shape index (κ3) is 5.04. The molecular weight excluding hydrogens is 428 g/mol. The highest BCUT2D eigenvalue weighted by atomic mass is 32.1. The maximum atomic E-state index is 12.6. The molecule has 3 rings (SSSR count). The first kappa shape index (κ1) is 21.9. The summed E-state index contributed by atoms with van der Waals surface area (Å²) < 4.78 is 9.43. The summed E-state index contributed by atoms with van der Waals surface area (Å²) in [5.74, 6) is -0.958. The number of benzene rings is 1. The average Bonchev–Trinajstić information content (AvgIpc) is 3.19. The van der Waals surface area contributed by atoms with Crippen molar-refractivity contribution >= 4 is 40.0 Å². The molecule has 13 nitrogen and oxygen atoms in total. The van der Waals surface area contributed by atoms with Crippen LogP contribution in [0.3, 0.4) is 0 Å². The van der Waals surface area contributed by atoms with Crippen LogP contribution < -0.4 is 21.5 Å². The molecule has 0 aliphatic carbocycles. The molecule has 0 bridgehead atoms. The van der Waals surface area contributed by atoms with Crippen molar-refractivity contribution in [2.24, 2.45) is 10.9 Å². The standard InChI is InChI=1S/C17H20N8O5S/c1-8-11(16(27)25(8)28)21-15(26)12(14-22-17(20)31-24-14)23-30-7-6-29-10-4-2-9(3-5-10)13(18)19/h2-5,8,11,28H,6-7H2,1H3,(H3,18,19)(H,21,26)(H2,20,22,24)/b23-12-/t8-,11-/m0/s1. The fourth-order valence-electron chi connectivity index (χ4n) is 2.55. The van der Waals surface area contributed by atoms with Crippen LogP contribution in [-0.4, -0.2) is 68.3 Å². The molecule has 0 radical (unpaired) electrons. The van der Waals surface area contributed by atoms with Crippen molar-refractivity contribution in [2.75, 3.05) is 18.9 Å². The van der Waals surface area contributed by atoms with Crippen molar-refractivity contribution in [1.29, 1.82) is 5.41 Å². The van der Waals surface area contributed by atoms with E-state index in [1.54, 1.807) is 31.2 Å². The van der Waals surface area contributed by atoms with Gasteiger partial charge in [-0.05, 0) is 31.2 Å². The van der Waals surface area contributed by atoms with Crippen molar-refractivity contribution < 1.29 is 24.4 Å². The first-order valence-corrected chi connectivity index (χ1v) is 9.75. The minimum Gasteiger partial charge on any atom is -0.490 e. The highest BCUT2D eigenvalue weighted by Gasteiger charge is 2.45. The van der Waals surface area contributed by atoms with Crippen LogP contribution in [0.4, 0.5) is 5.13 Å². The van der Waals surface area contributed by atoms with Crippen LogP contribution in [-0.2, 0) is 14.4 Å². The van der Waals surface area contributed by atoms with E-state index in [9.17, 15) is 14.8 Å². The Balaban J connectivity index is 1.58. The Hall–Kier alpha value is -3.78. The van der Waals surface area contributed by atoms with Crippen LogP contribution in [0.1, 0.15) is 18.3 Å². The molecular formula is C17H20N8O5S. The number of amides is 2. The highest BCUT2D eigenvalue weighted by Crippen LogP contribution is 2.17. The van der Waals surface area contributed by atoms with Gasteiger partial charge in [0.2, 0.25) is 11.5 Å². The first-order valence-electron chi connectivity index (χ1n) is 8.97. The number of nitrogen functional groups attached to an aromatic ring is 2. The van der Waals surface area contributed by atoms with E-state index < -0.39 is 23.9 Å². The molecule has 31 heavy (non-hydrogen) atoms. The molecule has 2 aromatic rings. The minimum atomic E-state index is -0.903. The number of nitrogens with one attached hydrogen (secondary N) is 2. The fraction of sp³-hybridized carbons (Fsp3) is 0.294. The van der Waals surface area contributed by atoms with Gasteiger partial charge >= 0.3 is 0 Å². The number of carbonyl (C=O) groups excluding carboxylic acids is 2. The number of hydrogen-bond acceptors (Lipinski definition) is 11. The average molecular weight is 448 g/mol. The number of anilines is 1. The number of hydroxylamine groups is 2. The number of aromatic nitrogens is 2. The number of hydrogen-bond donors (Lipinski definition) is 5. The van der Waals surface area contributed by atoms with Gasteiger partial charge in [-0.1, -0.05) is 5.16 Å². The molecule has 2 atom stereocenters. The Bertz CT molecular complexity index is 1010. The highest BCUT2D eigenvalue weighted by molar-refractivity contribution is 7.09. The predicted molar refractivity (Wildman–Crippen MR) is 110 cm³/mol. The number of carbonyl (C=O) groups is 2. The van der Waals surface area contributed by atoms with E-state index in [0.29, 0.717) is 16.4 Å². The maximum absolute atomic E-state index is 12.6. The van der Waals surface area contributed by atoms with Gasteiger partial charge in [-0.15, -0.1) is 0 Å². The van der Waals surface area contributed by atoms with Crippen LogP contribution in [0.5, 0.6) is 5.75 Å². The molecule has 7 N–H and O–H groups in total. The maximum Gasteiger partial charge on any atom is 0.278 e. The lowest BCUT2D eigenvalue weighted by molar-refractivity contribution is -0.207. The van der Waals surface area contributed by atoms with E-state index in [-0.39, 0.29) is 35.7 Å². The summed E-state index contributed by atoms with van der Waals surface area (Å²) in [6.07, 6.45) is 0. The second-order valence-electron chi connectivity index (χ2n) is 6.39. The van der Waals surface area contributed by atoms with Crippen molar-refractivity contribution in [3.05, 3.63) is 35.7 Å². The van der Waals surface area contributed by atoms with E-state index in [2.05, 4.69) is 19.8 Å². The number of ether oxygens (including phenoxy) is 1. The Morgan fingerprint density at radius 3 is 2.68 bits per heavy atom. The zero-order valence-electron chi connectivity index (χ0n) is 16.3. The molecule has 1 aromatic carbocycles. The molecule has 2 amide bonds. The lowest BCUT2D eigenvalue weighted by Crippen LogP contribution is -2.68. The molecule has 0 spiro atoms. The Morgan fingerprint density at radius 2 is 2.10 bits per heavy atom. The summed E-state index contributed by atoms with van der Waals surface area (Å²) in [7, 11) is 0. The lowest BCUT2D eigenvalue weighted by atomic mass is 10.00. The summed E-state index contributed by atoms with van der Waals surface area (Å²) in [6, 6.07) is 5.11. The van der Waals surface area contributed by atoms with Gasteiger partial charge in [0.25, 0.3) is 11.8 Å². The monoisotopic (exact) mass is 448 g/mol. The SMILES string of the molecule is C[C@H]1[C@H](NC(=O)/C(=N\OCCOc2ccc(C(=N)N)cc2)c2nsc(N)n2)C(=O)N1O. The summed E-state index contributed by atoms with van der Waals surface area (Å²) in [5.41, 5.74) is 11.3. The number of oxime groups is 1. The minimum absolute atomic E-state index is 0.00591. The number of amidine groups is 1. The molecule has 2 heterocycles. The summed E-state index contributed by atoms with van der Waals surface area (Å²) >= 11 is 0.871. The van der Waals surface area contributed by atoms with E-state index >= 15 is 0 Å². The van der Waals surface area contributed by atoms with Crippen LogP contribution in [0.15, 0.2) is 29.4 Å². The van der Waals surface area contributed by atoms with Crippen molar-refractivity contribution in [2.45, 2.75) is 19.0 Å². The summed E-state index contributed by atoms with van der Waals surface area (Å²) in [4.78, 5) is 33.3. The second-order valence-corrected chi connectivity index (χ2v) is 7.17. The van der Waals surface area contributed by atoms with Gasteiger partial charge in [-0.3, -0.25) is 20.2 Å². The fourth-order valence-corrected chi connectivity index (χ4v) is 2.99. The quantitative estimate of drug-likeness (QED) is 0.0821. The van der Waals surface area contributed by atoms with Gasteiger partial charge in [0.05, 0.1) is 6.04 Å². The van der Waals surface area contributed by atoms with Crippen LogP contribution in [0, 0.1) is 5.41 Å². The molecule has 1 saturated heterocycles. The normalized spacial score (nSPS) is 18.3. The largest absolute Gasteiger partial charge is 0.490 e. The number of nitrogens with two attached hydrogens (primary N) is 2. The number of nitrogens with zero attached hydrogens (tertiary/aromatic N) is 4. The zero-order chi connectivity index (χ0) is 22.5. The van der Waals surface area contributed by atoms with Crippen LogP contribution in [0.25, 0.3) is 0 Å². The van der Waals surface area contributed by atoms with Gasteiger partial charge in [-0.2, -0.15) is 9.36 Å². The Kier molecular flexibility index (Phi) is 6.61. The smallest absolute Gasteiger partial charge is 0.278 e. The summed E-state index contributed by atoms with van der Waals surface area (Å²) in [5, 5.41) is 23.6. The second kappa shape index (κ2) is 9.36. The van der Waals surface area contributed by atoms with E-state index in [1.807, 2.05) is 0 Å². The molecule has 14 heteroatoms. The number of rotatable bonds is 9. The van der Waals surface area contributed by atoms with Crippen molar-refractivity contribution in [3.63, 3.8) is 0 Å². The topological polar surface area (TPSA) is 202 Å². The molecule has 1 aromatic heterocycles. The van der Waals surface area contributed by atoms with Gasteiger partial charge < -0.3 is 26.4 Å². The van der Waals surface area contributed by atoms with Crippen molar-refractivity contribution in [1.82, 2.24) is 19.7 Å². The Morgan fingerprint density at radius 1 is 1.39 bits per heavy atom. The zero-order valence-corrected chi connectivity index (χ0v) is 17.1. The van der Waals surface area contributed by atoms with E-state index in [1.165, 1.54) is 0 Å². The van der Waals surface area contributed by atoms with E-state index in [4.69, 9.17) is 26.5 Å². The number of β-lactam (4-membered cyclic amide) rings is 1. The molecule has 0 saturated carbocycles. The third-order valence-electron chi connectivity index (χ3n) is 4.28. The van der Waals surface area contributed by atoms with Gasteiger partial charge in [0.1, 0.15) is 24.2 Å². The molecule has 0 unspecified atom stereocenters. The lowest BCUT2D eigenvalue weighted by Gasteiger charge is -2.40. The first-order chi connectivity index (χ1) is 14.8. The van der Waals surface area contributed by atoms with Gasteiger partial charge in [-0.25, -0.2) is 5.06 Å². The molecule has 164 valence electrons. The molecule has 1 aliphatic rings. The summed E-state index contributed by atoms with van der Waals surface area (Å²) in [6.45, 7) is 1.68. The van der Waals surface area contributed by atoms with E-state index in [0.717, 1.165) is 11.5 Å². The third-order valence-corrected chi connectivity index (χ3v) is 4.82. The van der Waals surface area contributed by atoms with Gasteiger partial charge in [0, 0.05) is 17.1 Å². The van der Waals surface area contributed by atoms with Crippen molar-refractivity contribution in [3.8, 4) is 5.75 Å².